The number of rotatable bonds is 5. The molecule has 114 valence electrons. The van der Waals surface area contributed by atoms with E-state index in [4.69, 9.17) is 0 Å². The van der Waals surface area contributed by atoms with Gasteiger partial charge in [0.25, 0.3) is 0 Å². The van der Waals surface area contributed by atoms with E-state index in [1.165, 1.54) is 36.4 Å². The Morgan fingerprint density at radius 3 is 2.50 bits per heavy atom. The number of hydrogen-bond acceptors (Lipinski definition) is 3. The van der Waals surface area contributed by atoms with Gasteiger partial charge in [-0.3, -0.25) is 4.79 Å². The highest BCUT2D eigenvalue weighted by Gasteiger charge is 2.00. The second kappa shape index (κ2) is 7.26. The van der Waals surface area contributed by atoms with Crippen LogP contribution in [0.1, 0.15) is 11.1 Å². The SMILES string of the molecule is O=C(/C=C/c1ccc(O)c(O)c1)NCCc1ccc(F)cc1. The molecule has 3 N–H and O–H groups in total. The first-order valence-corrected chi connectivity index (χ1v) is 6.77. The zero-order valence-electron chi connectivity index (χ0n) is 11.8. The van der Waals surface area contributed by atoms with Gasteiger partial charge in [0.15, 0.2) is 11.5 Å². The number of carbonyl (C=O) groups is 1. The minimum Gasteiger partial charge on any atom is -0.504 e. The summed E-state index contributed by atoms with van der Waals surface area (Å²) in [5, 5.41) is 21.2. The van der Waals surface area contributed by atoms with E-state index in [0.29, 0.717) is 18.5 Å². The van der Waals surface area contributed by atoms with Gasteiger partial charge in [-0.15, -0.1) is 0 Å². The van der Waals surface area contributed by atoms with Crippen LogP contribution >= 0.6 is 0 Å². The predicted molar refractivity (Wildman–Crippen MR) is 81.9 cm³/mol. The van der Waals surface area contributed by atoms with E-state index in [0.717, 1.165) is 5.56 Å². The molecule has 0 radical (unpaired) electrons. The van der Waals surface area contributed by atoms with Crippen LogP contribution in [0.4, 0.5) is 4.39 Å². The lowest BCUT2D eigenvalue weighted by Crippen LogP contribution is -2.23. The molecule has 0 aromatic heterocycles. The van der Waals surface area contributed by atoms with Gasteiger partial charge < -0.3 is 15.5 Å². The van der Waals surface area contributed by atoms with Crippen LogP contribution in [0.3, 0.4) is 0 Å². The summed E-state index contributed by atoms with van der Waals surface area (Å²) in [6.07, 6.45) is 3.49. The zero-order chi connectivity index (χ0) is 15.9. The molecule has 0 aliphatic rings. The number of nitrogens with one attached hydrogen (secondary N) is 1. The number of benzene rings is 2. The van der Waals surface area contributed by atoms with Crippen LogP contribution < -0.4 is 5.32 Å². The van der Waals surface area contributed by atoms with Crippen molar-refractivity contribution in [1.82, 2.24) is 5.32 Å². The van der Waals surface area contributed by atoms with Crippen LogP contribution in [0.2, 0.25) is 0 Å². The van der Waals surface area contributed by atoms with Gasteiger partial charge in [-0.05, 0) is 47.9 Å². The van der Waals surface area contributed by atoms with Crippen molar-refractivity contribution in [2.24, 2.45) is 0 Å². The smallest absolute Gasteiger partial charge is 0.244 e. The summed E-state index contributed by atoms with van der Waals surface area (Å²) < 4.78 is 12.7. The maximum Gasteiger partial charge on any atom is 0.244 e. The number of hydrogen-bond donors (Lipinski definition) is 3. The molecule has 0 atom stereocenters. The largest absolute Gasteiger partial charge is 0.504 e. The Morgan fingerprint density at radius 1 is 1.09 bits per heavy atom. The standard InChI is InChI=1S/C17H16FNO3/c18-14-5-1-12(2-6-14)9-10-19-17(22)8-4-13-3-7-15(20)16(21)11-13/h1-8,11,20-21H,9-10H2,(H,19,22)/b8-4+. The van der Waals surface area contributed by atoms with E-state index >= 15 is 0 Å². The molecular weight excluding hydrogens is 285 g/mol. The summed E-state index contributed by atoms with van der Waals surface area (Å²) >= 11 is 0. The molecule has 0 fully saturated rings. The molecular formula is C17H16FNO3. The summed E-state index contributed by atoms with van der Waals surface area (Å²) in [6, 6.07) is 10.4. The fraction of sp³-hybridized carbons (Fsp3) is 0.118. The molecule has 2 rings (SSSR count). The average Bonchev–Trinajstić information content (AvgIpc) is 2.50. The summed E-state index contributed by atoms with van der Waals surface area (Å²) in [4.78, 5) is 11.6. The highest BCUT2D eigenvalue weighted by atomic mass is 19.1. The maximum atomic E-state index is 12.7. The Labute approximate surface area is 127 Å². The van der Waals surface area contributed by atoms with E-state index in [9.17, 15) is 19.4 Å². The third-order valence-electron chi connectivity index (χ3n) is 3.05. The van der Waals surface area contributed by atoms with E-state index in [-0.39, 0.29) is 23.2 Å². The molecule has 2 aromatic carbocycles. The van der Waals surface area contributed by atoms with Gasteiger partial charge in [0, 0.05) is 12.6 Å². The van der Waals surface area contributed by atoms with Crippen molar-refractivity contribution < 1.29 is 19.4 Å². The fourth-order valence-corrected chi connectivity index (χ4v) is 1.86. The van der Waals surface area contributed by atoms with Crippen LogP contribution in [0, 0.1) is 5.82 Å². The molecule has 0 saturated heterocycles. The maximum absolute atomic E-state index is 12.7. The lowest BCUT2D eigenvalue weighted by Gasteiger charge is -2.03. The van der Waals surface area contributed by atoms with E-state index < -0.39 is 0 Å². The van der Waals surface area contributed by atoms with Crippen molar-refractivity contribution in [3.05, 3.63) is 65.5 Å². The van der Waals surface area contributed by atoms with Crippen LogP contribution in [-0.4, -0.2) is 22.7 Å². The average molecular weight is 301 g/mol. The second-order valence-corrected chi connectivity index (χ2v) is 4.75. The molecule has 0 saturated carbocycles. The highest BCUT2D eigenvalue weighted by molar-refractivity contribution is 5.91. The van der Waals surface area contributed by atoms with Crippen molar-refractivity contribution in [3.63, 3.8) is 0 Å². The molecule has 0 bridgehead atoms. The van der Waals surface area contributed by atoms with E-state index in [1.807, 2.05) is 0 Å². The number of carbonyl (C=O) groups excluding carboxylic acids is 1. The molecule has 5 heteroatoms. The minimum absolute atomic E-state index is 0.208. The van der Waals surface area contributed by atoms with Gasteiger partial charge in [-0.1, -0.05) is 18.2 Å². The van der Waals surface area contributed by atoms with Crippen molar-refractivity contribution in [2.75, 3.05) is 6.54 Å². The highest BCUT2D eigenvalue weighted by Crippen LogP contribution is 2.25. The van der Waals surface area contributed by atoms with Gasteiger partial charge in [-0.2, -0.15) is 0 Å². The molecule has 0 heterocycles. The summed E-state index contributed by atoms with van der Waals surface area (Å²) in [5.74, 6) is -0.998. The summed E-state index contributed by atoms with van der Waals surface area (Å²) in [6.45, 7) is 0.440. The number of phenols is 2. The van der Waals surface area contributed by atoms with Crippen molar-refractivity contribution in [1.29, 1.82) is 0 Å². The lowest BCUT2D eigenvalue weighted by molar-refractivity contribution is -0.116. The number of aromatic hydroxyl groups is 2. The molecule has 22 heavy (non-hydrogen) atoms. The Bertz CT molecular complexity index is 681. The molecule has 0 spiro atoms. The quantitative estimate of drug-likeness (QED) is 0.587. The third kappa shape index (κ3) is 4.63. The lowest BCUT2D eigenvalue weighted by atomic mass is 10.1. The van der Waals surface area contributed by atoms with Gasteiger partial charge >= 0.3 is 0 Å². The van der Waals surface area contributed by atoms with Gasteiger partial charge in [0.05, 0.1) is 0 Å². The Morgan fingerprint density at radius 2 is 1.82 bits per heavy atom. The zero-order valence-corrected chi connectivity index (χ0v) is 11.8. The number of phenolic OH excluding ortho intramolecular Hbond substituents is 2. The number of halogens is 1. The second-order valence-electron chi connectivity index (χ2n) is 4.75. The number of amides is 1. The predicted octanol–water partition coefficient (Wildman–Crippen LogP) is 2.61. The normalized spacial score (nSPS) is 10.8. The first kappa shape index (κ1) is 15.6. The summed E-state index contributed by atoms with van der Waals surface area (Å²) in [5.41, 5.74) is 1.54. The Balaban J connectivity index is 1.81. The topological polar surface area (TPSA) is 69.6 Å². The van der Waals surface area contributed by atoms with Gasteiger partial charge in [-0.25, -0.2) is 4.39 Å². The van der Waals surface area contributed by atoms with Crippen molar-refractivity contribution in [3.8, 4) is 11.5 Å². The molecule has 4 nitrogen and oxygen atoms in total. The molecule has 1 amide bonds. The van der Waals surface area contributed by atoms with Crippen LogP contribution in [0.25, 0.3) is 6.08 Å². The first-order chi connectivity index (χ1) is 10.5. The Kier molecular flexibility index (Phi) is 5.14. The van der Waals surface area contributed by atoms with Crippen molar-refractivity contribution in [2.45, 2.75) is 6.42 Å². The van der Waals surface area contributed by atoms with Crippen molar-refractivity contribution >= 4 is 12.0 Å². The monoisotopic (exact) mass is 301 g/mol. The van der Waals surface area contributed by atoms with Gasteiger partial charge in [0.2, 0.25) is 5.91 Å². The molecule has 0 aliphatic carbocycles. The summed E-state index contributed by atoms with van der Waals surface area (Å²) in [7, 11) is 0. The minimum atomic E-state index is -0.284. The third-order valence-corrected chi connectivity index (χ3v) is 3.05. The first-order valence-electron chi connectivity index (χ1n) is 6.77. The molecule has 2 aromatic rings. The fourth-order valence-electron chi connectivity index (χ4n) is 1.86. The van der Waals surface area contributed by atoms with Crippen LogP contribution in [0.5, 0.6) is 11.5 Å². The molecule has 0 aliphatic heterocycles. The molecule has 0 unspecified atom stereocenters. The Hall–Kier alpha value is -2.82. The van der Waals surface area contributed by atoms with Crippen LogP contribution in [-0.2, 0) is 11.2 Å². The van der Waals surface area contributed by atoms with Gasteiger partial charge in [0.1, 0.15) is 5.82 Å². The van der Waals surface area contributed by atoms with E-state index in [2.05, 4.69) is 5.32 Å². The van der Waals surface area contributed by atoms with E-state index in [1.54, 1.807) is 18.2 Å². The van der Waals surface area contributed by atoms with Crippen LogP contribution in [0.15, 0.2) is 48.5 Å².